The number of anilines is 1. The predicted octanol–water partition coefficient (Wildman–Crippen LogP) is 4.72. The molecule has 0 aliphatic carbocycles. The van der Waals surface area contributed by atoms with Crippen molar-refractivity contribution in [1.82, 2.24) is 14.5 Å². The smallest absolute Gasteiger partial charge is 0.322 e. The molecule has 1 saturated heterocycles. The molecule has 2 heterocycles. The highest BCUT2D eigenvalue weighted by Gasteiger charge is 2.28. The van der Waals surface area contributed by atoms with Gasteiger partial charge in [-0.3, -0.25) is 10.1 Å². The van der Waals surface area contributed by atoms with Crippen LogP contribution in [0.2, 0.25) is 10.0 Å². The fraction of sp³-hybridized carbons (Fsp3) is 0.286. The summed E-state index contributed by atoms with van der Waals surface area (Å²) in [6, 6.07) is 10.4. The van der Waals surface area contributed by atoms with Crippen molar-refractivity contribution in [2.45, 2.75) is 24.7 Å². The first-order valence-corrected chi connectivity index (χ1v) is 12.1. The predicted molar refractivity (Wildman–Crippen MR) is 121 cm³/mol. The van der Waals surface area contributed by atoms with E-state index in [0.717, 1.165) is 12.8 Å². The summed E-state index contributed by atoms with van der Waals surface area (Å²) in [5, 5.41) is 11.0. The van der Waals surface area contributed by atoms with Crippen LogP contribution in [-0.2, 0) is 10.0 Å². The number of nitrogens with zero attached hydrogens (tertiary/aromatic N) is 3. The van der Waals surface area contributed by atoms with E-state index in [4.69, 9.17) is 27.6 Å². The van der Waals surface area contributed by atoms with E-state index < -0.39 is 15.9 Å². The molecule has 1 atom stereocenters. The molecule has 8 nitrogen and oxygen atoms in total. The molecule has 1 amide bonds. The Balaban J connectivity index is 1.46. The van der Waals surface area contributed by atoms with Gasteiger partial charge in [0, 0.05) is 23.7 Å². The van der Waals surface area contributed by atoms with Crippen molar-refractivity contribution in [2.75, 3.05) is 18.4 Å². The highest BCUT2D eigenvalue weighted by Crippen LogP contribution is 2.30. The van der Waals surface area contributed by atoms with Gasteiger partial charge in [-0.05, 0) is 61.2 Å². The molecule has 1 unspecified atom stereocenters. The first-order valence-electron chi connectivity index (χ1n) is 9.94. The van der Waals surface area contributed by atoms with Crippen molar-refractivity contribution in [2.24, 2.45) is 5.92 Å². The lowest BCUT2D eigenvalue weighted by Crippen LogP contribution is -2.39. The molecule has 2 aromatic carbocycles. The number of piperidine rings is 1. The molecule has 3 aromatic rings. The molecular formula is C21H20Cl2N4O4S. The topological polar surface area (TPSA) is 105 Å². The van der Waals surface area contributed by atoms with Crippen LogP contribution in [-0.4, -0.2) is 41.9 Å². The van der Waals surface area contributed by atoms with Gasteiger partial charge in [0.05, 0.1) is 15.5 Å². The van der Waals surface area contributed by atoms with Crippen LogP contribution in [0.5, 0.6) is 0 Å². The molecule has 11 heteroatoms. The summed E-state index contributed by atoms with van der Waals surface area (Å²) < 4.78 is 32.7. The molecule has 168 valence electrons. The third kappa shape index (κ3) is 4.80. The summed E-state index contributed by atoms with van der Waals surface area (Å²) in [4.78, 5) is 12.7. The molecule has 1 aromatic heterocycles. The first-order chi connectivity index (χ1) is 15.2. The quantitative estimate of drug-likeness (QED) is 0.550. The van der Waals surface area contributed by atoms with Crippen molar-refractivity contribution in [3.05, 3.63) is 58.1 Å². The highest BCUT2D eigenvalue weighted by atomic mass is 35.5. The van der Waals surface area contributed by atoms with E-state index in [0.29, 0.717) is 34.6 Å². The lowest BCUT2D eigenvalue weighted by molar-refractivity contribution is 0.102. The summed E-state index contributed by atoms with van der Waals surface area (Å²) in [6.07, 6.45) is 1.86. The molecule has 0 radical (unpaired) electrons. The number of hydrogen-bond acceptors (Lipinski definition) is 6. The normalized spacial score (nSPS) is 17.3. The minimum absolute atomic E-state index is 0.116. The maximum absolute atomic E-state index is 12.9. The zero-order valence-electron chi connectivity index (χ0n) is 17.1. The van der Waals surface area contributed by atoms with Crippen LogP contribution in [0, 0.1) is 5.92 Å². The number of sulfonamides is 1. The van der Waals surface area contributed by atoms with E-state index in [9.17, 15) is 13.2 Å². The van der Waals surface area contributed by atoms with E-state index in [1.165, 1.54) is 28.6 Å². The van der Waals surface area contributed by atoms with Gasteiger partial charge in [-0.1, -0.05) is 35.2 Å². The van der Waals surface area contributed by atoms with Gasteiger partial charge in [0.2, 0.25) is 10.0 Å². The molecule has 0 spiro atoms. The summed E-state index contributed by atoms with van der Waals surface area (Å²) in [7, 11) is -3.59. The summed E-state index contributed by atoms with van der Waals surface area (Å²) >= 11 is 12.0. The monoisotopic (exact) mass is 494 g/mol. The van der Waals surface area contributed by atoms with Crippen molar-refractivity contribution in [3.63, 3.8) is 0 Å². The van der Waals surface area contributed by atoms with Gasteiger partial charge < -0.3 is 4.42 Å². The van der Waals surface area contributed by atoms with Crippen molar-refractivity contribution in [1.29, 1.82) is 0 Å². The fourth-order valence-electron chi connectivity index (χ4n) is 3.51. The minimum Gasteiger partial charge on any atom is -0.403 e. The highest BCUT2D eigenvalue weighted by molar-refractivity contribution is 7.89. The molecule has 0 bridgehead atoms. The maximum atomic E-state index is 12.9. The van der Waals surface area contributed by atoms with Gasteiger partial charge in [-0.15, -0.1) is 5.10 Å². The Hall–Kier alpha value is -2.46. The van der Waals surface area contributed by atoms with E-state index >= 15 is 0 Å². The SMILES string of the molecule is CC1CCCN(S(=O)(=O)c2ccc(C(=O)Nc3nnc(-c4ccc(Cl)cc4Cl)o3)cc2)C1. The molecule has 1 N–H and O–H groups in total. The first kappa shape index (κ1) is 22.7. The number of benzene rings is 2. The number of rotatable bonds is 5. The van der Waals surface area contributed by atoms with Crippen molar-refractivity contribution in [3.8, 4) is 11.5 Å². The van der Waals surface area contributed by atoms with E-state index in [2.05, 4.69) is 15.5 Å². The second-order valence-corrected chi connectivity index (χ2v) is 10.4. The maximum Gasteiger partial charge on any atom is 0.322 e. The van der Waals surface area contributed by atoms with Gasteiger partial charge in [0.1, 0.15) is 0 Å². The molecule has 0 saturated carbocycles. The van der Waals surface area contributed by atoms with Gasteiger partial charge in [-0.25, -0.2) is 8.42 Å². The second-order valence-electron chi connectivity index (χ2n) is 7.63. The average Bonchev–Trinajstić information content (AvgIpc) is 3.22. The Morgan fingerprint density at radius 2 is 1.91 bits per heavy atom. The Bertz CT molecular complexity index is 1240. The zero-order valence-corrected chi connectivity index (χ0v) is 19.4. The Kier molecular flexibility index (Phi) is 6.52. The molecular weight excluding hydrogens is 475 g/mol. The number of amides is 1. The Morgan fingerprint density at radius 1 is 1.16 bits per heavy atom. The van der Waals surface area contributed by atoms with Crippen LogP contribution >= 0.6 is 23.2 Å². The van der Waals surface area contributed by atoms with Crippen molar-refractivity contribution >= 4 is 45.1 Å². The lowest BCUT2D eigenvalue weighted by atomic mass is 10.0. The number of nitrogens with one attached hydrogen (secondary N) is 1. The van der Waals surface area contributed by atoms with Crippen LogP contribution in [0.3, 0.4) is 0 Å². The number of halogens is 2. The minimum atomic E-state index is -3.59. The zero-order chi connectivity index (χ0) is 22.9. The molecule has 4 rings (SSSR count). The van der Waals surface area contributed by atoms with Crippen LogP contribution in [0.25, 0.3) is 11.5 Å². The van der Waals surface area contributed by atoms with Crippen molar-refractivity contribution < 1.29 is 17.6 Å². The molecule has 32 heavy (non-hydrogen) atoms. The van der Waals surface area contributed by atoms with E-state index in [-0.39, 0.29) is 22.4 Å². The van der Waals surface area contributed by atoms with Crippen LogP contribution in [0.1, 0.15) is 30.1 Å². The third-order valence-electron chi connectivity index (χ3n) is 5.18. The molecule has 1 aliphatic rings. The largest absolute Gasteiger partial charge is 0.403 e. The third-order valence-corrected chi connectivity index (χ3v) is 7.61. The Morgan fingerprint density at radius 3 is 2.59 bits per heavy atom. The Labute approximate surface area is 195 Å². The molecule has 1 fully saturated rings. The van der Waals surface area contributed by atoms with Gasteiger partial charge in [-0.2, -0.15) is 4.31 Å². The van der Waals surface area contributed by atoms with Gasteiger partial charge in [0.25, 0.3) is 11.8 Å². The molecule has 1 aliphatic heterocycles. The van der Waals surface area contributed by atoms with Gasteiger partial charge >= 0.3 is 6.01 Å². The number of carbonyl (C=O) groups excluding carboxylic acids is 1. The summed E-state index contributed by atoms with van der Waals surface area (Å²) in [5.41, 5.74) is 0.728. The lowest BCUT2D eigenvalue weighted by Gasteiger charge is -2.30. The van der Waals surface area contributed by atoms with Crippen LogP contribution in [0.4, 0.5) is 6.01 Å². The van der Waals surface area contributed by atoms with Crippen LogP contribution < -0.4 is 5.32 Å². The van der Waals surface area contributed by atoms with E-state index in [1.54, 1.807) is 18.2 Å². The fourth-order valence-corrected chi connectivity index (χ4v) is 5.59. The number of carbonyl (C=O) groups is 1. The van der Waals surface area contributed by atoms with E-state index in [1.807, 2.05) is 6.92 Å². The van der Waals surface area contributed by atoms with Gasteiger partial charge in [0.15, 0.2) is 0 Å². The second kappa shape index (κ2) is 9.19. The standard InChI is InChI=1S/C21H20Cl2N4O4S/c1-13-3-2-10-27(12-13)32(29,30)16-7-4-14(5-8-16)19(28)24-21-26-25-20(31-21)17-9-6-15(22)11-18(17)23/h4-9,11,13H,2-3,10,12H2,1H3,(H,24,26,28). The summed E-state index contributed by atoms with van der Waals surface area (Å²) in [5.74, 6) is -0.0669. The number of aromatic nitrogens is 2. The number of hydrogen-bond donors (Lipinski definition) is 1. The summed E-state index contributed by atoms with van der Waals surface area (Å²) in [6.45, 7) is 3.05. The average molecular weight is 495 g/mol. The van der Waals surface area contributed by atoms with Crippen LogP contribution in [0.15, 0.2) is 51.8 Å².